The number of halogens is 1. The van der Waals surface area contributed by atoms with Gasteiger partial charge in [0.15, 0.2) is 0 Å². The van der Waals surface area contributed by atoms with Crippen LogP contribution in [0.1, 0.15) is 25.3 Å². The summed E-state index contributed by atoms with van der Waals surface area (Å²) in [6.07, 6.45) is 0.968. The molecular weight excluding hydrogens is 352 g/mol. The highest BCUT2D eigenvalue weighted by Gasteiger charge is 2.29. The molecule has 1 fully saturated rings. The number of rotatable bonds is 6. The maximum Gasteiger partial charge on any atom is 0.276 e. The van der Waals surface area contributed by atoms with Crippen molar-refractivity contribution < 1.29 is 13.2 Å². The van der Waals surface area contributed by atoms with Crippen molar-refractivity contribution in [2.45, 2.75) is 26.3 Å². The van der Waals surface area contributed by atoms with E-state index in [1.165, 1.54) is 4.31 Å². The van der Waals surface area contributed by atoms with E-state index in [0.717, 1.165) is 17.8 Å². The Bertz CT molecular complexity index is 646. The zero-order chi connectivity index (χ0) is 16.9. The van der Waals surface area contributed by atoms with Gasteiger partial charge in [0.1, 0.15) is 0 Å². The van der Waals surface area contributed by atoms with Crippen LogP contribution in [0.2, 0.25) is 0 Å². The molecular formula is C15H25ClN4O3S. The SMILES string of the molecule is CCNCc1ccccc1NC(=O)C1CCN(S(N)(=O)=O)CC1.Cl. The van der Waals surface area contributed by atoms with Gasteiger partial charge in [-0.3, -0.25) is 4.79 Å². The molecule has 1 aliphatic rings. The smallest absolute Gasteiger partial charge is 0.276 e. The topological polar surface area (TPSA) is 105 Å². The molecule has 0 unspecified atom stereocenters. The summed E-state index contributed by atoms with van der Waals surface area (Å²) in [6, 6.07) is 7.67. The molecule has 4 N–H and O–H groups in total. The van der Waals surface area contributed by atoms with Crippen LogP contribution in [-0.4, -0.2) is 38.3 Å². The van der Waals surface area contributed by atoms with E-state index in [9.17, 15) is 13.2 Å². The maximum absolute atomic E-state index is 12.4. The molecule has 0 bridgehead atoms. The number of carbonyl (C=O) groups excluding carboxylic acids is 1. The Labute approximate surface area is 149 Å². The molecule has 1 aromatic carbocycles. The van der Waals surface area contributed by atoms with Gasteiger partial charge in [0, 0.05) is 31.2 Å². The molecule has 0 saturated carbocycles. The van der Waals surface area contributed by atoms with Gasteiger partial charge >= 0.3 is 0 Å². The third-order valence-electron chi connectivity index (χ3n) is 4.03. The molecule has 0 aliphatic carbocycles. The van der Waals surface area contributed by atoms with E-state index in [0.29, 0.717) is 19.4 Å². The van der Waals surface area contributed by atoms with Crippen LogP contribution in [0.25, 0.3) is 0 Å². The summed E-state index contributed by atoms with van der Waals surface area (Å²) < 4.78 is 23.8. The van der Waals surface area contributed by atoms with E-state index in [-0.39, 0.29) is 37.3 Å². The standard InChI is InChI=1S/C15H24N4O3S.ClH/c1-2-17-11-13-5-3-4-6-14(13)18-15(20)12-7-9-19(10-8-12)23(16,21)22;/h3-6,12,17H,2,7-11H2,1H3,(H,18,20)(H2,16,21,22);1H. The lowest BCUT2D eigenvalue weighted by molar-refractivity contribution is -0.120. The second-order valence-corrected chi connectivity index (χ2v) is 7.19. The predicted molar refractivity (Wildman–Crippen MR) is 97.1 cm³/mol. The minimum absolute atomic E-state index is 0. The number of benzene rings is 1. The zero-order valence-corrected chi connectivity index (χ0v) is 15.3. The molecule has 1 aromatic rings. The molecule has 0 aromatic heterocycles. The van der Waals surface area contributed by atoms with Crippen molar-refractivity contribution in [3.05, 3.63) is 29.8 Å². The van der Waals surface area contributed by atoms with Gasteiger partial charge in [0.2, 0.25) is 5.91 Å². The molecule has 0 atom stereocenters. The number of anilines is 1. The lowest BCUT2D eigenvalue weighted by atomic mass is 9.97. The third-order valence-corrected chi connectivity index (χ3v) is 5.11. The van der Waals surface area contributed by atoms with Gasteiger partial charge in [0.05, 0.1) is 0 Å². The molecule has 136 valence electrons. The van der Waals surface area contributed by atoms with Crippen LogP contribution in [-0.2, 0) is 21.5 Å². The van der Waals surface area contributed by atoms with E-state index in [2.05, 4.69) is 10.6 Å². The number of carbonyl (C=O) groups is 1. The van der Waals surface area contributed by atoms with Crippen molar-refractivity contribution in [3.63, 3.8) is 0 Å². The van der Waals surface area contributed by atoms with E-state index in [1.807, 2.05) is 31.2 Å². The molecule has 0 spiro atoms. The number of piperidine rings is 1. The van der Waals surface area contributed by atoms with Gasteiger partial charge in [-0.1, -0.05) is 25.1 Å². The van der Waals surface area contributed by atoms with Crippen molar-refractivity contribution in [3.8, 4) is 0 Å². The van der Waals surface area contributed by atoms with E-state index in [4.69, 9.17) is 5.14 Å². The van der Waals surface area contributed by atoms with Crippen molar-refractivity contribution in [1.82, 2.24) is 9.62 Å². The van der Waals surface area contributed by atoms with Crippen molar-refractivity contribution in [1.29, 1.82) is 0 Å². The van der Waals surface area contributed by atoms with Gasteiger partial charge < -0.3 is 10.6 Å². The van der Waals surface area contributed by atoms with Crippen molar-refractivity contribution >= 4 is 34.2 Å². The Morgan fingerprint density at radius 1 is 1.29 bits per heavy atom. The summed E-state index contributed by atoms with van der Waals surface area (Å²) in [4.78, 5) is 12.4. The molecule has 24 heavy (non-hydrogen) atoms. The highest BCUT2D eigenvalue weighted by atomic mass is 35.5. The minimum Gasteiger partial charge on any atom is -0.326 e. The second kappa shape index (κ2) is 9.33. The largest absolute Gasteiger partial charge is 0.326 e. The fourth-order valence-corrected chi connectivity index (χ4v) is 3.38. The van der Waals surface area contributed by atoms with Gasteiger partial charge in [-0.25, -0.2) is 5.14 Å². The highest BCUT2D eigenvalue weighted by molar-refractivity contribution is 7.86. The monoisotopic (exact) mass is 376 g/mol. The fraction of sp³-hybridized carbons (Fsp3) is 0.533. The predicted octanol–water partition coefficient (Wildman–Crippen LogP) is 1.07. The number of nitrogens with two attached hydrogens (primary N) is 1. The van der Waals surface area contributed by atoms with Crippen molar-refractivity contribution in [2.24, 2.45) is 11.1 Å². The molecule has 1 amide bonds. The fourth-order valence-electron chi connectivity index (χ4n) is 2.66. The van der Waals surface area contributed by atoms with Crippen LogP contribution in [0.5, 0.6) is 0 Å². The van der Waals surface area contributed by atoms with Crippen LogP contribution in [0.15, 0.2) is 24.3 Å². The third kappa shape index (κ3) is 5.71. The highest BCUT2D eigenvalue weighted by Crippen LogP contribution is 2.22. The van der Waals surface area contributed by atoms with E-state index < -0.39 is 10.2 Å². The first kappa shape index (κ1) is 20.9. The number of nitrogens with one attached hydrogen (secondary N) is 2. The van der Waals surface area contributed by atoms with Gasteiger partial charge in [0.25, 0.3) is 10.2 Å². The summed E-state index contributed by atoms with van der Waals surface area (Å²) >= 11 is 0. The Morgan fingerprint density at radius 2 is 1.92 bits per heavy atom. The number of nitrogens with zero attached hydrogens (tertiary/aromatic N) is 1. The van der Waals surface area contributed by atoms with Crippen LogP contribution < -0.4 is 15.8 Å². The number of hydrogen-bond acceptors (Lipinski definition) is 4. The lowest BCUT2D eigenvalue weighted by Crippen LogP contribution is -2.44. The Morgan fingerprint density at radius 3 is 2.50 bits per heavy atom. The Kier molecular flexibility index (Phi) is 8.11. The number of para-hydroxylation sites is 1. The minimum atomic E-state index is -3.66. The Hall–Kier alpha value is -1.19. The zero-order valence-electron chi connectivity index (χ0n) is 13.7. The van der Waals surface area contributed by atoms with Gasteiger partial charge in [-0.05, 0) is 31.0 Å². The summed E-state index contributed by atoms with van der Waals surface area (Å²) in [5.74, 6) is -0.261. The molecule has 9 heteroatoms. The van der Waals surface area contributed by atoms with Crippen LogP contribution in [0.4, 0.5) is 5.69 Å². The second-order valence-electron chi connectivity index (χ2n) is 5.64. The average molecular weight is 377 g/mol. The molecule has 2 rings (SSSR count). The normalized spacial score (nSPS) is 16.4. The first-order chi connectivity index (χ1) is 10.9. The maximum atomic E-state index is 12.4. The lowest BCUT2D eigenvalue weighted by Gasteiger charge is -2.29. The molecule has 1 aliphatic heterocycles. The van der Waals surface area contributed by atoms with Gasteiger partial charge in [-0.15, -0.1) is 12.4 Å². The quantitative estimate of drug-likeness (QED) is 0.690. The first-order valence-electron chi connectivity index (χ1n) is 7.79. The van der Waals surface area contributed by atoms with Crippen LogP contribution in [0, 0.1) is 5.92 Å². The summed E-state index contributed by atoms with van der Waals surface area (Å²) in [5, 5.41) is 11.3. The van der Waals surface area contributed by atoms with Crippen molar-refractivity contribution in [2.75, 3.05) is 25.0 Å². The van der Waals surface area contributed by atoms with Crippen LogP contribution in [0.3, 0.4) is 0 Å². The molecule has 7 nitrogen and oxygen atoms in total. The molecule has 1 heterocycles. The van der Waals surface area contributed by atoms with Gasteiger partial charge in [-0.2, -0.15) is 12.7 Å². The summed E-state index contributed by atoms with van der Waals surface area (Å²) in [6.45, 7) is 4.15. The van der Waals surface area contributed by atoms with E-state index >= 15 is 0 Å². The number of amides is 1. The molecule has 0 radical (unpaired) electrons. The summed E-state index contributed by atoms with van der Waals surface area (Å²) in [5.41, 5.74) is 1.83. The summed E-state index contributed by atoms with van der Waals surface area (Å²) in [7, 11) is -3.66. The molecule has 1 saturated heterocycles. The number of hydrogen-bond donors (Lipinski definition) is 3. The van der Waals surface area contributed by atoms with Crippen LogP contribution >= 0.6 is 12.4 Å². The first-order valence-corrected chi connectivity index (χ1v) is 9.29. The van der Waals surface area contributed by atoms with E-state index in [1.54, 1.807) is 0 Å². The average Bonchev–Trinajstić information content (AvgIpc) is 2.53. The Balaban J connectivity index is 0.00000288.